The number of Topliss-reactive ketones (excluding diaryl/α,β-unsaturated/α-hetero) is 1. The van der Waals surface area contributed by atoms with Crippen LogP contribution in [0.3, 0.4) is 0 Å². The first-order valence-electron chi connectivity index (χ1n) is 9.19. The van der Waals surface area contributed by atoms with Crippen LogP contribution < -0.4 is 5.76 Å². The summed E-state index contributed by atoms with van der Waals surface area (Å²) in [5.74, 6) is -1.33. The van der Waals surface area contributed by atoms with Crippen molar-refractivity contribution in [1.82, 2.24) is 14.3 Å². The van der Waals surface area contributed by atoms with Crippen LogP contribution in [-0.4, -0.2) is 20.1 Å². The van der Waals surface area contributed by atoms with Gasteiger partial charge in [0.1, 0.15) is 0 Å². The van der Waals surface area contributed by atoms with Gasteiger partial charge < -0.3 is 4.42 Å². The Morgan fingerprint density at radius 2 is 1.93 bits per heavy atom. The van der Waals surface area contributed by atoms with E-state index in [1.54, 1.807) is 35.0 Å². The maximum Gasteiger partial charge on any atom is 0.420 e. The lowest BCUT2D eigenvalue weighted by Crippen LogP contribution is -2.15. The molecule has 0 aliphatic heterocycles. The normalized spacial score (nSPS) is 11.3. The largest absolute Gasteiger partial charge is 0.420 e. The van der Waals surface area contributed by atoms with Gasteiger partial charge in [-0.15, -0.1) is 0 Å². The number of hydrogen-bond acceptors (Lipinski definition) is 4. The lowest BCUT2D eigenvalue weighted by atomic mass is 10.0. The number of carbonyl (C=O) groups excluding carboxylic acids is 1. The molecule has 0 unspecified atom stereocenters. The van der Waals surface area contributed by atoms with Gasteiger partial charge in [0.25, 0.3) is 0 Å². The van der Waals surface area contributed by atoms with Crippen LogP contribution in [0.15, 0.2) is 45.6 Å². The summed E-state index contributed by atoms with van der Waals surface area (Å²) in [5, 5.41) is 4.37. The molecule has 0 N–H and O–H groups in total. The highest BCUT2D eigenvalue weighted by atomic mass is 19.1. The van der Waals surface area contributed by atoms with E-state index in [2.05, 4.69) is 5.10 Å². The molecule has 29 heavy (non-hydrogen) atoms. The number of hydrogen-bond donors (Lipinski definition) is 0. The second-order valence-electron chi connectivity index (χ2n) is 7.17. The zero-order chi connectivity index (χ0) is 20.9. The second-order valence-corrected chi connectivity index (χ2v) is 7.17. The molecule has 0 saturated heterocycles. The molecular weight excluding hydrogens is 373 g/mol. The molecule has 7 heteroatoms. The van der Waals surface area contributed by atoms with Crippen molar-refractivity contribution in [1.29, 1.82) is 0 Å². The molecule has 6 nitrogen and oxygen atoms in total. The lowest BCUT2D eigenvalue weighted by molar-refractivity contribution is 0.101. The van der Waals surface area contributed by atoms with E-state index >= 15 is 0 Å². The molecule has 0 spiro atoms. The summed E-state index contributed by atoms with van der Waals surface area (Å²) in [6.45, 7) is 5.50. The molecule has 0 radical (unpaired) electrons. The second kappa shape index (κ2) is 6.84. The molecule has 4 rings (SSSR count). The van der Waals surface area contributed by atoms with Crippen molar-refractivity contribution in [2.75, 3.05) is 0 Å². The van der Waals surface area contributed by atoms with Crippen molar-refractivity contribution in [2.24, 2.45) is 7.05 Å². The van der Waals surface area contributed by atoms with Gasteiger partial charge in [0.05, 0.1) is 17.8 Å². The topological polar surface area (TPSA) is 70.0 Å². The summed E-state index contributed by atoms with van der Waals surface area (Å²) < 4.78 is 23.1. The molecular formula is C22H20FN3O3. The zero-order valence-electron chi connectivity index (χ0n) is 16.6. The molecule has 0 aliphatic rings. The lowest BCUT2D eigenvalue weighted by Gasteiger charge is -2.07. The van der Waals surface area contributed by atoms with Gasteiger partial charge in [0.2, 0.25) is 0 Å². The van der Waals surface area contributed by atoms with Gasteiger partial charge in [0.15, 0.2) is 17.2 Å². The van der Waals surface area contributed by atoms with Crippen LogP contribution >= 0.6 is 0 Å². The van der Waals surface area contributed by atoms with Gasteiger partial charge >= 0.3 is 5.76 Å². The number of aryl methyl sites for hydroxylation is 2. The van der Waals surface area contributed by atoms with Crippen molar-refractivity contribution in [3.63, 3.8) is 0 Å². The van der Waals surface area contributed by atoms with Crippen LogP contribution in [0.25, 0.3) is 22.2 Å². The first-order chi connectivity index (χ1) is 13.8. The smallest absolute Gasteiger partial charge is 0.405 e. The summed E-state index contributed by atoms with van der Waals surface area (Å²) in [5.41, 5.74) is 4.68. The number of aromatic nitrogens is 3. The minimum atomic E-state index is -0.629. The molecule has 2 aromatic carbocycles. The minimum Gasteiger partial charge on any atom is -0.405 e. The van der Waals surface area contributed by atoms with E-state index in [1.165, 1.54) is 17.6 Å². The highest BCUT2D eigenvalue weighted by Gasteiger charge is 2.19. The van der Waals surface area contributed by atoms with E-state index in [9.17, 15) is 14.0 Å². The highest BCUT2D eigenvalue weighted by Crippen LogP contribution is 2.28. The van der Waals surface area contributed by atoms with Gasteiger partial charge in [0, 0.05) is 23.9 Å². The Morgan fingerprint density at radius 3 is 2.59 bits per heavy atom. The first kappa shape index (κ1) is 18.9. The number of rotatable bonds is 4. The number of carbonyl (C=O) groups is 1. The van der Waals surface area contributed by atoms with Gasteiger partial charge in [-0.3, -0.25) is 14.0 Å². The molecule has 2 heterocycles. The average Bonchev–Trinajstić information content (AvgIpc) is 3.13. The summed E-state index contributed by atoms with van der Waals surface area (Å²) in [6, 6.07) is 9.99. The maximum atomic E-state index is 14.8. The van der Waals surface area contributed by atoms with E-state index in [0.29, 0.717) is 22.2 Å². The van der Waals surface area contributed by atoms with Crippen LogP contribution in [-0.2, 0) is 13.6 Å². The monoisotopic (exact) mass is 393 g/mol. The Labute approximate surface area is 166 Å². The summed E-state index contributed by atoms with van der Waals surface area (Å²) in [7, 11) is 1.84. The zero-order valence-corrected chi connectivity index (χ0v) is 16.6. The van der Waals surface area contributed by atoms with E-state index in [4.69, 9.17) is 4.42 Å². The van der Waals surface area contributed by atoms with Crippen LogP contribution in [0.2, 0.25) is 0 Å². The quantitative estimate of drug-likeness (QED) is 0.492. The third-order valence-corrected chi connectivity index (χ3v) is 5.30. The number of halogens is 1. The van der Waals surface area contributed by atoms with E-state index < -0.39 is 11.6 Å². The van der Waals surface area contributed by atoms with E-state index in [-0.39, 0.29) is 17.9 Å². The van der Waals surface area contributed by atoms with Crippen molar-refractivity contribution in [2.45, 2.75) is 27.3 Å². The Balaban J connectivity index is 1.89. The van der Waals surface area contributed by atoms with E-state index in [1.807, 2.05) is 20.9 Å². The molecule has 0 aliphatic carbocycles. The van der Waals surface area contributed by atoms with Crippen molar-refractivity contribution in [3.8, 4) is 11.1 Å². The molecule has 0 fully saturated rings. The third kappa shape index (κ3) is 3.18. The van der Waals surface area contributed by atoms with Crippen LogP contribution in [0.5, 0.6) is 0 Å². The molecule has 4 aromatic rings. The molecule has 0 atom stereocenters. The minimum absolute atomic E-state index is 0.0730. The fraction of sp³-hybridized carbons (Fsp3) is 0.227. The summed E-state index contributed by atoms with van der Waals surface area (Å²) in [6.07, 6.45) is 0. The number of ketones is 1. The Hall–Kier alpha value is -3.48. The average molecular weight is 393 g/mol. The fourth-order valence-electron chi connectivity index (χ4n) is 3.56. The fourth-order valence-corrected chi connectivity index (χ4v) is 3.56. The number of oxazole rings is 1. The molecule has 0 amide bonds. The van der Waals surface area contributed by atoms with Crippen LogP contribution in [0, 0.1) is 19.7 Å². The Bertz CT molecular complexity index is 1330. The first-order valence-corrected chi connectivity index (χ1v) is 9.19. The maximum absolute atomic E-state index is 14.8. The number of benzene rings is 2. The predicted octanol–water partition coefficient (Wildman–Crippen LogP) is 4.00. The summed E-state index contributed by atoms with van der Waals surface area (Å²) in [4.78, 5) is 24.2. The number of fused-ring (bicyclic) bond motifs is 1. The van der Waals surface area contributed by atoms with Gasteiger partial charge in [-0.25, -0.2) is 9.18 Å². The highest BCUT2D eigenvalue weighted by molar-refractivity contribution is 5.95. The molecule has 0 bridgehead atoms. The number of nitrogens with zero attached hydrogens (tertiary/aromatic N) is 3. The van der Waals surface area contributed by atoms with Crippen molar-refractivity contribution in [3.05, 3.63) is 75.3 Å². The van der Waals surface area contributed by atoms with Gasteiger partial charge in [-0.05, 0) is 50.1 Å². The van der Waals surface area contributed by atoms with Crippen molar-refractivity contribution >= 4 is 16.9 Å². The third-order valence-electron chi connectivity index (χ3n) is 5.30. The van der Waals surface area contributed by atoms with Crippen LogP contribution in [0.4, 0.5) is 4.39 Å². The van der Waals surface area contributed by atoms with E-state index in [0.717, 1.165) is 17.0 Å². The Morgan fingerprint density at radius 1 is 1.17 bits per heavy atom. The SMILES string of the molecule is CC(=O)c1cccc(-c2cc(F)c3oc(=O)n(Cc4c(C)nn(C)c4C)c3c2)c1. The Kier molecular flexibility index (Phi) is 4.45. The standard InChI is InChI=1S/C22H20FN3O3/c1-12-18(13(2)25(4)24-12)11-26-20-10-17(9-19(23)21(20)29-22(26)28)16-7-5-6-15(8-16)14(3)27/h5-10H,11H2,1-4H3. The summed E-state index contributed by atoms with van der Waals surface area (Å²) >= 11 is 0. The van der Waals surface area contributed by atoms with Crippen LogP contribution in [0.1, 0.15) is 34.2 Å². The molecule has 2 aromatic heterocycles. The van der Waals surface area contributed by atoms with Gasteiger partial charge in [-0.1, -0.05) is 18.2 Å². The molecule has 0 saturated carbocycles. The van der Waals surface area contributed by atoms with Gasteiger partial charge in [-0.2, -0.15) is 5.10 Å². The predicted molar refractivity (Wildman–Crippen MR) is 108 cm³/mol. The van der Waals surface area contributed by atoms with Crippen molar-refractivity contribution < 1.29 is 13.6 Å². The molecule has 148 valence electrons.